The number of hydrogen-bond acceptors (Lipinski definition) is 3. The molecular formula is C14H18F2N2O2. The van der Waals surface area contributed by atoms with Crippen molar-refractivity contribution in [3.63, 3.8) is 0 Å². The molecule has 2 N–H and O–H groups in total. The Bertz CT molecular complexity index is 476. The van der Waals surface area contributed by atoms with Crippen molar-refractivity contribution in [3.05, 3.63) is 35.4 Å². The summed E-state index contributed by atoms with van der Waals surface area (Å²) >= 11 is 0. The number of ether oxygens (including phenoxy) is 1. The van der Waals surface area contributed by atoms with E-state index in [-0.39, 0.29) is 24.0 Å². The van der Waals surface area contributed by atoms with Gasteiger partial charge in [-0.1, -0.05) is 6.07 Å². The molecule has 1 aromatic carbocycles. The minimum absolute atomic E-state index is 0.158. The second-order valence-corrected chi connectivity index (χ2v) is 4.86. The van der Waals surface area contributed by atoms with Crippen molar-refractivity contribution in [2.24, 2.45) is 0 Å². The van der Waals surface area contributed by atoms with Gasteiger partial charge in [0.1, 0.15) is 11.6 Å². The number of morpholine rings is 1. The van der Waals surface area contributed by atoms with E-state index in [4.69, 9.17) is 4.74 Å². The predicted molar refractivity (Wildman–Crippen MR) is 70.1 cm³/mol. The molecule has 0 aliphatic carbocycles. The van der Waals surface area contributed by atoms with Crippen LogP contribution in [0.25, 0.3) is 0 Å². The molecular weight excluding hydrogens is 266 g/mol. The molecule has 1 fully saturated rings. The monoisotopic (exact) mass is 284 g/mol. The fourth-order valence-electron chi connectivity index (χ4n) is 2.19. The lowest BCUT2D eigenvalue weighted by Gasteiger charge is -2.24. The van der Waals surface area contributed by atoms with Crippen LogP contribution in [0.3, 0.4) is 0 Å². The van der Waals surface area contributed by atoms with Gasteiger partial charge in [0.25, 0.3) is 0 Å². The first-order valence-electron chi connectivity index (χ1n) is 6.63. The summed E-state index contributed by atoms with van der Waals surface area (Å²) in [4.78, 5) is 11.9. The zero-order valence-corrected chi connectivity index (χ0v) is 11.3. The maximum absolute atomic E-state index is 13.6. The van der Waals surface area contributed by atoms with E-state index >= 15 is 0 Å². The average Bonchev–Trinajstić information content (AvgIpc) is 2.39. The van der Waals surface area contributed by atoms with E-state index in [0.717, 1.165) is 12.6 Å². The van der Waals surface area contributed by atoms with E-state index in [9.17, 15) is 13.6 Å². The number of benzene rings is 1. The maximum Gasteiger partial charge on any atom is 0.223 e. The molecule has 1 heterocycles. The van der Waals surface area contributed by atoms with Gasteiger partial charge in [-0.25, -0.2) is 8.78 Å². The third-order valence-corrected chi connectivity index (χ3v) is 3.22. The summed E-state index contributed by atoms with van der Waals surface area (Å²) in [5.74, 6) is -1.50. The third kappa shape index (κ3) is 3.98. The lowest BCUT2D eigenvalue weighted by molar-refractivity contribution is -0.125. The Kier molecular flexibility index (Phi) is 5.03. The van der Waals surface area contributed by atoms with Crippen LogP contribution in [0.15, 0.2) is 18.2 Å². The number of amides is 1. The number of carbonyl (C=O) groups excluding carboxylic acids is 1. The molecule has 2 atom stereocenters. The van der Waals surface area contributed by atoms with Crippen LogP contribution < -0.4 is 10.6 Å². The van der Waals surface area contributed by atoms with Gasteiger partial charge in [0.15, 0.2) is 0 Å². The van der Waals surface area contributed by atoms with Crippen LogP contribution in [-0.2, 0) is 9.53 Å². The van der Waals surface area contributed by atoms with Gasteiger partial charge in [-0.05, 0) is 13.0 Å². The fraction of sp³-hybridized carbons (Fsp3) is 0.500. The molecule has 1 saturated heterocycles. The van der Waals surface area contributed by atoms with Gasteiger partial charge in [-0.15, -0.1) is 0 Å². The Morgan fingerprint density at radius 1 is 1.55 bits per heavy atom. The van der Waals surface area contributed by atoms with Crippen molar-refractivity contribution in [1.82, 2.24) is 10.6 Å². The van der Waals surface area contributed by atoms with Gasteiger partial charge in [-0.3, -0.25) is 4.79 Å². The third-order valence-electron chi connectivity index (χ3n) is 3.22. The topological polar surface area (TPSA) is 50.4 Å². The summed E-state index contributed by atoms with van der Waals surface area (Å²) in [5, 5.41) is 5.83. The Hall–Kier alpha value is -1.53. The molecule has 110 valence electrons. The molecule has 1 aliphatic rings. The molecule has 1 aliphatic heterocycles. The molecule has 6 heteroatoms. The number of hydrogen-bond donors (Lipinski definition) is 2. The van der Waals surface area contributed by atoms with Crippen LogP contribution in [0.5, 0.6) is 0 Å². The summed E-state index contributed by atoms with van der Waals surface area (Å²) in [5.41, 5.74) is 0.266. The highest BCUT2D eigenvalue weighted by atomic mass is 19.1. The fourth-order valence-corrected chi connectivity index (χ4v) is 2.19. The van der Waals surface area contributed by atoms with Gasteiger partial charge >= 0.3 is 0 Å². The Labute approximate surface area is 116 Å². The van der Waals surface area contributed by atoms with E-state index in [1.54, 1.807) is 6.92 Å². The lowest BCUT2D eigenvalue weighted by Crippen LogP contribution is -2.41. The molecule has 1 amide bonds. The average molecular weight is 284 g/mol. The van der Waals surface area contributed by atoms with Gasteiger partial charge < -0.3 is 15.4 Å². The van der Waals surface area contributed by atoms with Crippen LogP contribution in [0.1, 0.15) is 24.9 Å². The quantitative estimate of drug-likeness (QED) is 0.881. The zero-order chi connectivity index (χ0) is 14.5. The number of carbonyl (C=O) groups is 1. The Morgan fingerprint density at radius 2 is 2.35 bits per heavy atom. The van der Waals surface area contributed by atoms with Crippen LogP contribution in [0.4, 0.5) is 8.78 Å². The first-order chi connectivity index (χ1) is 9.56. The summed E-state index contributed by atoms with van der Waals surface area (Å²) < 4.78 is 31.8. The molecule has 4 nitrogen and oxygen atoms in total. The van der Waals surface area contributed by atoms with Crippen molar-refractivity contribution in [3.8, 4) is 0 Å². The van der Waals surface area contributed by atoms with Crippen molar-refractivity contribution in [1.29, 1.82) is 0 Å². The minimum Gasteiger partial charge on any atom is -0.375 e. The normalized spacial score (nSPS) is 20.4. The summed E-state index contributed by atoms with van der Waals surface area (Å²) in [6.07, 6.45) is 0.0641. The molecule has 2 rings (SSSR count). The minimum atomic E-state index is -0.659. The van der Waals surface area contributed by atoms with Gasteiger partial charge in [0, 0.05) is 24.7 Å². The zero-order valence-electron chi connectivity index (χ0n) is 11.3. The van der Waals surface area contributed by atoms with Crippen molar-refractivity contribution in [2.45, 2.75) is 25.5 Å². The molecule has 0 bridgehead atoms. The number of nitrogens with one attached hydrogen (secondary N) is 2. The highest BCUT2D eigenvalue weighted by Gasteiger charge is 2.20. The van der Waals surface area contributed by atoms with Gasteiger partial charge in [0.05, 0.1) is 25.2 Å². The first kappa shape index (κ1) is 14.9. The number of halogens is 2. The van der Waals surface area contributed by atoms with E-state index in [1.165, 1.54) is 12.1 Å². The predicted octanol–water partition coefficient (Wildman–Crippen LogP) is 1.52. The molecule has 2 unspecified atom stereocenters. The molecule has 1 aromatic rings. The summed E-state index contributed by atoms with van der Waals surface area (Å²) in [7, 11) is 0. The van der Waals surface area contributed by atoms with Crippen LogP contribution in [0, 0.1) is 11.6 Å². The van der Waals surface area contributed by atoms with Gasteiger partial charge in [-0.2, -0.15) is 0 Å². The molecule has 0 radical (unpaired) electrons. The summed E-state index contributed by atoms with van der Waals surface area (Å²) in [6, 6.07) is 2.81. The largest absolute Gasteiger partial charge is 0.375 e. The smallest absolute Gasteiger partial charge is 0.223 e. The van der Waals surface area contributed by atoms with E-state index in [2.05, 4.69) is 10.6 Å². The van der Waals surface area contributed by atoms with Crippen molar-refractivity contribution in [2.75, 3.05) is 19.7 Å². The van der Waals surface area contributed by atoms with Crippen molar-refractivity contribution < 1.29 is 18.3 Å². The van der Waals surface area contributed by atoms with E-state index in [1.807, 2.05) is 0 Å². The molecule has 0 saturated carbocycles. The Balaban J connectivity index is 1.89. The number of rotatable bonds is 4. The maximum atomic E-state index is 13.6. The second kappa shape index (κ2) is 6.76. The molecule has 0 aromatic heterocycles. The van der Waals surface area contributed by atoms with Crippen LogP contribution >= 0.6 is 0 Å². The van der Waals surface area contributed by atoms with E-state index in [0.29, 0.717) is 13.2 Å². The standard InChI is InChI=1S/C14H18F2N2O2/c1-9(12-3-2-10(15)6-13(12)16)18-14(19)7-11-8-17-4-5-20-11/h2-3,6,9,11,17H,4-5,7-8H2,1H3,(H,18,19). The lowest BCUT2D eigenvalue weighted by atomic mass is 10.1. The van der Waals surface area contributed by atoms with Crippen molar-refractivity contribution >= 4 is 5.91 Å². The van der Waals surface area contributed by atoms with E-state index < -0.39 is 17.7 Å². The van der Waals surface area contributed by atoms with Crippen LogP contribution in [-0.4, -0.2) is 31.7 Å². The summed E-state index contributed by atoms with van der Waals surface area (Å²) in [6.45, 7) is 3.66. The molecule has 0 spiro atoms. The first-order valence-corrected chi connectivity index (χ1v) is 6.63. The molecule has 20 heavy (non-hydrogen) atoms. The highest BCUT2D eigenvalue weighted by molar-refractivity contribution is 5.77. The van der Waals surface area contributed by atoms with Crippen LogP contribution in [0.2, 0.25) is 0 Å². The Morgan fingerprint density at radius 3 is 3.00 bits per heavy atom. The SMILES string of the molecule is CC(NC(=O)CC1CNCCO1)c1ccc(F)cc1F. The second-order valence-electron chi connectivity index (χ2n) is 4.86. The highest BCUT2D eigenvalue weighted by Crippen LogP contribution is 2.18. The van der Waals surface area contributed by atoms with Gasteiger partial charge in [0.2, 0.25) is 5.91 Å².